The first-order valence-corrected chi connectivity index (χ1v) is 9.29. The number of para-hydroxylation sites is 2. The van der Waals surface area contributed by atoms with Crippen LogP contribution in [0.5, 0.6) is 0 Å². The fourth-order valence-corrected chi connectivity index (χ4v) is 3.58. The highest BCUT2D eigenvalue weighted by Crippen LogP contribution is 2.35. The van der Waals surface area contributed by atoms with Gasteiger partial charge in [-0.3, -0.25) is 4.40 Å². The zero-order valence-electron chi connectivity index (χ0n) is 16.0. The Morgan fingerprint density at radius 3 is 2.41 bits per heavy atom. The van der Waals surface area contributed by atoms with Crippen molar-refractivity contribution in [2.45, 2.75) is 39.8 Å². The van der Waals surface area contributed by atoms with Crippen LogP contribution in [0.2, 0.25) is 0 Å². The summed E-state index contributed by atoms with van der Waals surface area (Å²) in [6, 6.07) is 17.2. The maximum atomic E-state index is 9.93. The van der Waals surface area contributed by atoms with Crippen LogP contribution < -0.4 is 10.6 Å². The Balaban J connectivity index is 2.19. The van der Waals surface area contributed by atoms with Crippen LogP contribution in [0.3, 0.4) is 0 Å². The second-order valence-electron chi connectivity index (χ2n) is 7.45. The number of nitrogens with zero attached hydrogens (tertiary/aromatic N) is 3. The summed E-state index contributed by atoms with van der Waals surface area (Å²) in [5.41, 5.74) is 6.10. The molecule has 4 aromatic rings. The van der Waals surface area contributed by atoms with E-state index in [1.165, 1.54) is 0 Å². The number of hydrogen-bond donors (Lipinski definition) is 2. The molecule has 0 spiro atoms. The highest BCUT2D eigenvalue weighted by atomic mass is 15.0. The lowest BCUT2D eigenvalue weighted by molar-refractivity contribution is 0.899. The summed E-state index contributed by atoms with van der Waals surface area (Å²) < 4.78 is 2.10. The maximum absolute atomic E-state index is 9.93. The number of fused-ring (bicyclic) bond motifs is 5. The minimum absolute atomic E-state index is 0.209. The Morgan fingerprint density at radius 2 is 1.70 bits per heavy atom. The molecule has 0 amide bonds. The van der Waals surface area contributed by atoms with Crippen molar-refractivity contribution in [2.24, 2.45) is 0 Å². The van der Waals surface area contributed by atoms with Gasteiger partial charge in [0.2, 0.25) is 0 Å². The van der Waals surface area contributed by atoms with E-state index in [1.807, 2.05) is 24.3 Å². The first kappa shape index (κ1) is 17.2. The van der Waals surface area contributed by atoms with E-state index in [1.54, 1.807) is 0 Å². The summed E-state index contributed by atoms with van der Waals surface area (Å²) in [5, 5.41) is 17.9. The molecule has 0 saturated carbocycles. The van der Waals surface area contributed by atoms with Gasteiger partial charge in [-0.15, -0.1) is 0 Å². The van der Waals surface area contributed by atoms with E-state index in [0.29, 0.717) is 17.3 Å². The molecule has 0 aliphatic heterocycles. The molecule has 0 saturated heterocycles. The van der Waals surface area contributed by atoms with E-state index < -0.39 is 0 Å². The molecule has 2 aromatic heterocycles. The van der Waals surface area contributed by atoms with Crippen molar-refractivity contribution in [1.29, 1.82) is 5.26 Å². The molecular weight excluding hydrogens is 334 g/mol. The molecule has 27 heavy (non-hydrogen) atoms. The van der Waals surface area contributed by atoms with E-state index in [9.17, 15) is 5.26 Å². The van der Waals surface area contributed by atoms with Gasteiger partial charge in [0.05, 0.1) is 22.2 Å². The van der Waals surface area contributed by atoms with E-state index in [2.05, 4.69) is 67.0 Å². The number of aromatic nitrogens is 2. The van der Waals surface area contributed by atoms with Gasteiger partial charge < -0.3 is 10.6 Å². The quantitative estimate of drug-likeness (QED) is 0.530. The predicted octanol–water partition coefficient (Wildman–Crippen LogP) is 5.15. The van der Waals surface area contributed by atoms with E-state index in [-0.39, 0.29) is 6.04 Å². The number of hydrogen-bond acceptors (Lipinski definition) is 4. The van der Waals surface area contributed by atoms with Crippen molar-refractivity contribution in [2.75, 3.05) is 10.6 Å². The van der Waals surface area contributed by atoms with Gasteiger partial charge in [0.15, 0.2) is 5.65 Å². The molecule has 0 aliphatic carbocycles. The molecule has 0 fully saturated rings. The van der Waals surface area contributed by atoms with Crippen LogP contribution in [0.1, 0.15) is 33.3 Å². The van der Waals surface area contributed by atoms with Crippen molar-refractivity contribution in [3.05, 3.63) is 48.0 Å². The van der Waals surface area contributed by atoms with Gasteiger partial charge in [-0.2, -0.15) is 5.26 Å². The zero-order valence-corrected chi connectivity index (χ0v) is 16.0. The van der Waals surface area contributed by atoms with Gasteiger partial charge in [-0.1, -0.05) is 12.1 Å². The predicted molar refractivity (Wildman–Crippen MR) is 112 cm³/mol. The third kappa shape index (κ3) is 2.83. The molecule has 136 valence electrons. The van der Waals surface area contributed by atoms with Gasteiger partial charge in [-0.25, -0.2) is 4.98 Å². The molecule has 0 unspecified atom stereocenters. The second-order valence-corrected chi connectivity index (χ2v) is 7.45. The number of nitriles is 1. The Morgan fingerprint density at radius 1 is 0.963 bits per heavy atom. The Bertz CT molecular complexity index is 1190. The van der Waals surface area contributed by atoms with Crippen LogP contribution in [0, 0.1) is 11.3 Å². The van der Waals surface area contributed by atoms with Crippen molar-refractivity contribution in [3.8, 4) is 6.07 Å². The van der Waals surface area contributed by atoms with Gasteiger partial charge >= 0.3 is 0 Å². The molecule has 0 bridgehead atoms. The van der Waals surface area contributed by atoms with E-state index in [0.717, 1.165) is 33.3 Å². The average Bonchev–Trinajstić information content (AvgIpc) is 3.00. The van der Waals surface area contributed by atoms with Crippen LogP contribution in [0.25, 0.3) is 27.6 Å². The number of pyridine rings is 1. The number of anilines is 2. The molecule has 2 aromatic carbocycles. The van der Waals surface area contributed by atoms with Gasteiger partial charge in [0, 0.05) is 23.2 Å². The normalized spacial score (nSPS) is 11.6. The van der Waals surface area contributed by atoms with E-state index in [4.69, 9.17) is 4.98 Å². The molecular formula is C22H23N5. The SMILES string of the molecule is CC(C)Nc1ccc2c(NC(C)C)c(C#N)c3nc4ccccc4n3c2c1. The summed E-state index contributed by atoms with van der Waals surface area (Å²) in [5.74, 6) is 0. The average molecular weight is 357 g/mol. The standard InChI is InChI=1S/C22H23N5/c1-13(2)24-15-9-10-16-20(11-15)27-19-8-6-5-7-18(19)26-22(27)17(12-23)21(16)25-14(3)4/h5-11,13-14,24-25H,1-4H3. The summed E-state index contributed by atoms with van der Waals surface area (Å²) >= 11 is 0. The lowest BCUT2D eigenvalue weighted by atomic mass is 10.1. The van der Waals surface area contributed by atoms with Crippen LogP contribution in [-0.4, -0.2) is 21.5 Å². The van der Waals surface area contributed by atoms with E-state index >= 15 is 0 Å². The maximum Gasteiger partial charge on any atom is 0.158 e. The third-order valence-corrected chi connectivity index (χ3v) is 4.54. The van der Waals surface area contributed by atoms with Gasteiger partial charge in [0.25, 0.3) is 0 Å². The lowest BCUT2D eigenvalue weighted by Crippen LogP contribution is -2.13. The topological polar surface area (TPSA) is 65.1 Å². The Kier molecular flexibility index (Phi) is 4.12. The number of rotatable bonds is 4. The third-order valence-electron chi connectivity index (χ3n) is 4.54. The number of benzene rings is 2. The summed E-state index contributed by atoms with van der Waals surface area (Å²) in [6.07, 6.45) is 0. The summed E-state index contributed by atoms with van der Waals surface area (Å²) in [6.45, 7) is 8.40. The second kappa shape index (κ2) is 6.48. The molecule has 5 heteroatoms. The van der Waals surface area contributed by atoms with Crippen LogP contribution in [0.4, 0.5) is 11.4 Å². The van der Waals surface area contributed by atoms with Crippen molar-refractivity contribution < 1.29 is 0 Å². The van der Waals surface area contributed by atoms with Crippen LogP contribution in [0.15, 0.2) is 42.5 Å². The molecule has 0 radical (unpaired) electrons. The van der Waals surface area contributed by atoms with Gasteiger partial charge in [-0.05, 0) is 58.0 Å². The minimum Gasteiger partial charge on any atom is -0.383 e. The number of imidazole rings is 1. The zero-order chi connectivity index (χ0) is 19.1. The lowest BCUT2D eigenvalue weighted by Gasteiger charge is -2.18. The first-order chi connectivity index (χ1) is 13.0. The monoisotopic (exact) mass is 357 g/mol. The van der Waals surface area contributed by atoms with Crippen molar-refractivity contribution >= 4 is 39.0 Å². The molecule has 5 nitrogen and oxygen atoms in total. The fourth-order valence-electron chi connectivity index (χ4n) is 3.58. The van der Waals surface area contributed by atoms with Crippen LogP contribution >= 0.6 is 0 Å². The largest absolute Gasteiger partial charge is 0.383 e. The molecule has 4 rings (SSSR count). The van der Waals surface area contributed by atoms with Crippen molar-refractivity contribution in [3.63, 3.8) is 0 Å². The molecule has 0 aliphatic rings. The molecule has 2 heterocycles. The van der Waals surface area contributed by atoms with Crippen LogP contribution in [-0.2, 0) is 0 Å². The highest BCUT2D eigenvalue weighted by Gasteiger charge is 2.19. The number of nitrogens with one attached hydrogen (secondary N) is 2. The molecule has 2 N–H and O–H groups in total. The first-order valence-electron chi connectivity index (χ1n) is 9.29. The summed E-state index contributed by atoms with van der Waals surface area (Å²) in [4.78, 5) is 4.77. The molecule has 0 atom stereocenters. The Labute approximate surface area is 158 Å². The highest BCUT2D eigenvalue weighted by molar-refractivity contribution is 6.03. The minimum atomic E-state index is 0.209. The summed E-state index contributed by atoms with van der Waals surface area (Å²) in [7, 11) is 0. The fraction of sp³-hybridized carbons (Fsp3) is 0.273. The Hall–Kier alpha value is -3.26. The van der Waals surface area contributed by atoms with Gasteiger partial charge in [0.1, 0.15) is 11.6 Å². The smallest absolute Gasteiger partial charge is 0.158 e. The van der Waals surface area contributed by atoms with Crippen molar-refractivity contribution in [1.82, 2.24) is 9.38 Å².